The second-order valence-corrected chi connectivity index (χ2v) is 7.19. The van der Waals surface area contributed by atoms with E-state index in [1.807, 2.05) is 23.1 Å². The normalized spacial score (nSPS) is 16.6. The van der Waals surface area contributed by atoms with Crippen molar-refractivity contribution in [3.63, 3.8) is 0 Å². The van der Waals surface area contributed by atoms with Crippen LogP contribution in [0.4, 0.5) is 23.1 Å². The van der Waals surface area contributed by atoms with Crippen LogP contribution in [0.2, 0.25) is 0 Å². The Hall–Kier alpha value is -3.72. The van der Waals surface area contributed by atoms with Gasteiger partial charge in [0.05, 0.1) is 24.6 Å². The molecule has 2 atom stereocenters. The number of aliphatic hydroxyl groups is 1. The third kappa shape index (κ3) is 4.47. The Morgan fingerprint density at radius 2 is 2.16 bits per heavy atom. The Balaban J connectivity index is 1.66. The first-order chi connectivity index (χ1) is 15.4. The molecule has 4 rings (SSSR count). The molecule has 1 unspecified atom stereocenters. The van der Waals surface area contributed by atoms with E-state index in [9.17, 15) is 5.11 Å². The van der Waals surface area contributed by atoms with Crippen molar-refractivity contribution in [1.29, 1.82) is 0 Å². The molecule has 1 aliphatic rings. The zero-order valence-corrected chi connectivity index (χ0v) is 17.9. The molecule has 0 fully saturated rings. The lowest BCUT2D eigenvalue weighted by molar-refractivity contribution is 0.0361. The summed E-state index contributed by atoms with van der Waals surface area (Å²) in [5, 5.41) is 17.7. The molecule has 3 heterocycles. The van der Waals surface area contributed by atoms with Gasteiger partial charge in [-0.1, -0.05) is 17.0 Å². The fourth-order valence-corrected chi connectivity index (χ4v) is 3.10. The summed E-state index contributed by atoms with van der Waals surface area (Å²) in [7, 11) is 1.61. The number of benzene rings is 1. The van der Waals surface area contributed by atoms with Gasteiger partial charge >= 0.3 is 0 Å². The van der Waals surface area contributed by atoms with Crippen molar-refractivity contribution in [2.75, 3.05) is 36.3 Å². The number of ether oxygens (including phenoxy) is 2. The molecule has 0 aliphatic carbocycles. The average Bonchev–Trinajstić information content (AvgIpc) is 3.36. The molecule has 32 heavy (non-hydrogen) atoms. The van der Waals surface area contributed by atoms with Gasteiger partial charge in [-0.3, -0.25) is 4.90 Å². The van der Waals surface area contributed by atoms with Gasteiger partial charge in [0, 0.05) is 25.8 Å². The summed E-state index contributed by atoms with van der Waals surface area (Å²) >= 11 is 0. The Morgan fingerprint density at radius 3 is 2.88 bits per heavy atom. The average molecular weight is 437 g/mol. The number of nitrogen functional groups attached to an aromatic ring is 1. The number of methoxy groups -OCH3 is 1. The molecule has 0 saturated heterocycles. The van der Waals surface area contributed by atoms with Crippen LogP contribution in [-0.2, 0) is 15.1 Å². The summed E-state index contributed by atoms with van der Waals surface area (Å²) in [6, 6.07) is 7.32. The summed E-state index contributed by atoms with van der Waals surface area (Å²) in [4.78, 5) is 14.2. The predicted molar refractivity (Wildman–Crippen MR) is 116 cm³/mol. The Labute approximate surface area is 184 Å². The maximum atomic E-state index is 10.6. The van der Waals surface area contributed by atoms with E-state index in [-0.39, 0.29) is 11.8 Å². The van der Waals surface area contributed by atoms with Crippen molar-refractivity contribution in [2.45, 2.75) is 25.8 Å². The number of nitrogens with two attached hydrogens (primary N) is 1. The summed E-state index contributed by atoms with van der Waals surface area (Å²) in [5.41, 5.74) is 6.50. The molecule has 0 radical (unpaired) electrons. The van der Waals surface area contributed by atoms with Crippen molar-refractivity contribution in [3.05, 3.63) is 47.7 Å². The zero-order chi connectivity index (χ0) is 22.7. The van der Waals surface area contributed by atoms with Gasteiger partial charge in [0.2, 0.25) is 24.0 Å². The second kappa shape index (κ2) is 8.80. The smallest absolute Gasteiger partial charge is 0.223 e. The minimum atomic E-state index is -1.57. The third-order valence-corrected chi connectivity index (χ3v) is 4.65. The molecule has 0 amide bonds. The highest BCUT2D eigenvalue weighted by atomic mass is 16.5. The molecular formula is C21H23N7O4. The lowest BCUT2D eigenvalue weighted by Gasteiger charge is -2.25. The maximum absolute atomic E-state index is 10.6. The van der Waals surface area contributed by atoms with Gasteiger partial charge in [0.15, 0.2) is 5.60 Å². The van der Waals surface area contributed by atoms with Gasteiger partial charge in [-0.15, -0.1) is 0 Å². The maximum Gasteiger partial charge on any atom is 0.223 e. The van der Waals surface area contributed by atoms with Gasteiger partial charge < -0.3 is 30.2 Å². The fourth-order valence-electron chi connectivity index (χ4n) is 3.10. The first kappa shape index (κ1) is 21.5. The molecule has 1 aromatic carbocycles. The Bertz CT molecular complexity index is 1170. The van der Waals surface area contributed by atoms with Crippen LogP contribution in [0.15, 0.2) is 35.0 Å². The number of anilines is 4. The molecular weight excluding hydrogens is 414 g/mol. The van der Waals surface area contributed by atoms with E-state index in [2.05, 4.69) is 37.3 Å². The summed E-state index contributed by atoms with van der Waals surface area (Å²) in [6.45, 7) is 3.97. The number of hydrogen-bond acceptors (Lipinski definition) is 11. The Kier molecular flexibility index (Phi) is 5.91. The topological polar surface area (TPSA) is 145 Å². The van der Waals surface area contributed by atoms with Crippen LogP contribution in [0.25, 0.3) is 0 Å². The number of nitrogens with zero attached hydrogens (tertiary/aromatic N) is 5. The highest BCUT2D eigenvalue weighted by molar-refractivity contribution is 5.82. The summed E-state index contributed by atoms with van der Waals surface area (Å²) in [6.07, 6.45) is 1.05. The first-order valence-electron chi connectivity index (χ1n) is 9.82. The predicted octanol–water partition coefficient (Wildman–Crippen LogP) is 1.52. The van der Waals surface area contributed by atoms with Gasteiger partial charge in [-0.05, 0) is 31.2 Å². The van der Waals surface area contributed by atoms with Gasteiger partial charge in [0.25, 0.3) is 0 Å². The first-order valence-corrected chi connectivity index (χ1v) is 9.82. The SMILES string of the molecule is COCCOC1Nc2ccc(C#C[C@@](C)(O)c3noc(C)n3)cc2N1c1ccnc(N)n1. The van der Waals surface area contributed by atoms with Crippen LogP contribution in [0, 0.1) is 18.8 Å². The number of fused-ring (bicyclic) bond motifs is 1. The second-order valence-electron chi connectivity index (χ2n) is 7.19. The number of rotatable bonds is 6. The van der Waals surface area contributed by atoms with E-state index in [0.717, 1.165) is 11.4 Å². The van der Waals surface area contributed by atoms with E-state index >= 15 is 0 Å². The van der Waals surface area contributed by atoms with Crippen LogP contribution in [0.5, 0.6) is 0 Å². The highest BCUT2D eigenvalue weighted by Gasteiger charge is 2.32. The zero-order valence-electron chi connectivity index (χ0n) is 17.9. The van der Waals surface area contributed by atoms with E-state index in [1.54, 1.807) is 26.3 Å². The quantitative estimate of drug-likeness (QED) is 0.381. The van der Waals surface area contributed by atoms with Gasteiger partial charge in [-0.2, -0.15) is 9.97 Å². The lowest BCUT2D eigenvalue weighted by Crippen LogP contribution is -2.36. The minimum absolute atomic E-state index is 0.107. The summed E-state index contributed by atoms with van der Waals surface area (Å²) in [5.74, 6) is 6.95. The molecule has 0 saturated carbocycles. The lowest BCUT2D eigenvalue weighted by atomic mass is 10.1. The van der Waals surface area contributed by atoms with E-state index in [0.29, 0.717) is 30.5 Å². The number of hydrogen-bond donors (Lipinski definition) is 3. The molecule has 3 aromatic rings. The van der Waals surface area contributed by atoms with Gasteiger partial charge in [-0.25, -0.2) is 4.98 Å². The molecule has 166 valence electrons. The molecule has 0 spiro atoms. The molecule has 2 aromatic heterocycles. The van der Waals surface area contributed by atoms with Crippen LogP contribution in [-0.4, -0.2) is 51.9 Å². The fraction of sp³-hybridized carbons (Fsp3) is 0.333. The van der Waals surface area contributed by atoms with Crippen molar-refractivity contribution in [3.8, 4) is 11.8 Å². The van der Waals surface area contributed by atoms with Crippen LogP contribution >= 0.6 is 0 Å². The monoisotopic (exact) mass is 437 g/mol. The van der Waals surface area contributed by atoms with Crippen molar-refractivity contribution >= 4 is 23.1 Å². The van der Waals surface area contributed by atoms with E-state index in [1.165, 1.54) is 6.92 Å². The van der Waals surface area contributed by atoms with Crippen molar-refractivity contribution in [1.82, 2.24) is 20.1 Å². The van der Waals surface area contributed by atoms with E-state index in [4.69, 9.17) is 19.7 Å². The summed E-state index contributed by atoms with van der Waals surface area (Å²) < 4.78 is 16.0. The van der Waals surface area contributed by atoms with E-state index < -0.39 is 12.0 Å². The highest BCUT2D eigenvalue weighted by Crippen LogP contribution is 2.40. The molecule has 0 bridgehead atoms. The molecule has 1 aliphatic heterocycles. The minimum Gasteiger partial charge on any atom is -0.382 e. The Morgan fingerprint density at radius 1 is 1.31 bits per heavy atom. The van der Waals surface area contributed by atoms with Crippen molar-refractivity contribution in [2.24, 2.45) is 0 Å². The molecule has 4 N–H and O–H groups in total. The molecule has 11 nitrogen and oxygen atoms in total. The third-order valence-electron chi connectivity index (χ3n) is 4.65. The van der Waals surface area contributed by atoms with Crippen LogP contribution < -0.4 is 16.0 Å². The number of aromatic nitrogens is 4. The van der Waals surface area contributed by atoms with Gasteiger partial charge in [0.1, 0.15) is 5.82 Å². The van der Waals surface area contributed by atoms with Crippen LogP contribution in [0.3, 0.4) is 0 Å². The van der Waals surface area contributed by atoms with Crippen molar-refractivity contribution < 1.29 is 19.1 Å². The standard InChI is InChI=1S/C21H23N7O4/c1-13-24-18(27-32-13)21(2,29)8-6-14-4-5-15-16(12-14)28(17-7-9-23-19(22)26-17)20(25-15)31-11-10-30-3/h4-5,7,9,12,20,25,29H,10-11H2,1-3H3,(H2,22,23,26)/t20?,21-/m1/s1. The number of nitrogens with one attached hydrogen (secondary N) is 1. The largest absolute Gasteiger partial charge is 0.382 e. The molecule has 11 heteroatoms. The van der Waals surface area contributed by atoms with Crippen LogP contribution in [0.1, 0.15) is 24.2 Å². The number of aryl methyl sites for hydroxylation is 1.